The fraction of sp³-hybridized carbons (Fsp3) is 0.968. The van der Waals surface area contributed by atoms with Gasteiger partial charge in [-0.25, -0.2) is 0 Å². The predicted octanol–water partition coefficient (Wildman–Crippen LogP) is 10.1. The summed E-state index contributed by atoms with van der Waals surface area (Å²) in [6, 6.07) is -0.564. The van der Waals surface area contributed by atoms with Gasteiger partial charge < -0.3 is 29.6 Å². The Kier molecular flexibility index (Phi) is 60.8. The molecule has 0 saturated heterocycles. The van der Waals surface area contributed by atoms with Gasteiger partial charge in [0.2, 0.25) is 5.91 Å². The van der Waals surface area contributed by atoms with Crippen LogP contribution in [0.1, 0.15) is 239 Å². The van der Waals surface area contributed by atoms with Crippen molar-refractivity contribution < 1.29 is 48.8 Å². The second kappa shape index (κ2) is 61.9. The first-order chi connectivity index (χ1) is 42.0. The summed E-state index contributed by atoms with van der Waals surface area (Å²) in [6.45, 7) is 22.9. The van der Waals surface area contributed by atoms with Gasteiger partial charge in [-0.1, -0.05) is 142 Å². The summed E-state index contributed by atoms with van der Waals surface area (Å²) < 4.78 is 17.0. The van der Waals surface area contributed by atoms with E-state index in [1.807, 2.05) is 30.5 Å². The quantitative estimate of drug-likeness (QED) is 0.0223. The van der Waals surface area contributed by atoms with E-state index in [1.54, 1.807) is 34.6 Å². The van der Waals surface area contributed by atoms with E-state index in [2.05, 4.69) is 38.9 Å². The molecule has 0 aromatic carbocycles. The molecule has 0 aliphatic carbocycles. The second-order valence-electron chi connectivity index (χ2n) is 25.5. The van der Waals surface area contributed by atoms with E-state index in [4.69, 9.17) is 19.0 Å². The molecular formula is C63H136B6N8O10. The van der Waals surface area contributed by atoms with Gasteiger partial charge in [0.15, 0.2) is 0 Å². The van der Waals surface area contributed by atoms with Crippen LogP contribution in [0.2, 0.25) is 34.1 Å². The molecule has 2 atom stereocenters. The van der Waals surface area contributed by atoms with E-state index in [-0.39, 0.29) is 24.2 Å². The molecule has 0 aromatic heterocycles. The zero-order valence-corrected chi connectivity index (χ0v) is 57.9. The molecule has 0 bridgehead atoms. The van der Waals surface area contributed by atoms with Crippen LogP contribution in [0.4, 0.5) is 0 Å². The molecule has 2 amide bonds. The van der Waals surface area contributed by atoms with Crippen LogP contribution >= 0.6 is 0 Å². The van der Waals surface area contributed by atoms with Crippen LogP contribution < -0.4 is 10.6 Å². The van der Waals surface area contributed by atoms with E-state index in [0.29, 0.717) is 59.1 Å². The minimum atomic E-state index is -0.624. The van der Waals surface area contributed by atoms with Crippen LogP contribution in [-0.2, 0) is 23.7 Å². The Morgan fingerprint density at radius 2 is 0.862 bits per heavy atom. The van der Waals surface area contributed by atoms with Gasteiger partial charge in [-0.05, 0) is 40.1 Å². The van der Waals surface area contributed by atoms with Gasteiger partial charge in [0.05, 0.1) is 19.8 Å². The summed E-state index contributed by atoms with van der Waals surface area (Å²) >= 11 is 0. The summed E-state index contributed by atoms with van der Waals surface area (Å²) in [4.78, 5) is 41.5. The van der Waals surface area contributed by atoms with Crippen molar-refractivity contribution in [2.75, 3.05) is 113 Å². The van der Waals surface area contributed by atoms with Crippen molar-refractivity contribution in [2.24, 2.45) is 10.8 Å². The SMILES string of the molecule is CCCCCCCCCCCCCCCCCCCCCCC(NC(=O)CCOCCOCCC)C(=O)NCCCCCCC(CN=BOCCCCCN(CCCN(C)B(C)O)B(C)O)CN(CCCCN(CCCN(C)B(C)O)B(C)O)B(C)O. The average Bonchev–Trinajstić information content (AvgIpc) is 3.61. The Hall–Kier alpha value is -1.55. The zero-order chi connectivity index (χ0) is 64.4. The number of rotatable bonds is 67. The Bertz CT molecular complexity index is 1550. The van der Waals surface area contributed by atoms with Crippen molar-refractivity contribution in [2.45, 2.75) is 279 Å². The normalized spacial score (nSPS) is 12.5. The van der Waals surface area contributed by atoms with Crippen LogP contribution in [0, 0.1) is 5.92 Å². The van der Waals surface area contributed by atoms with Crippen LogP contribution in [0.5, 0.6) is 0 Å². The van der Waals surface area contributed by atoms with Crippen LogP contribution in [-0.4, -0.2) is 222 Å². The first-order valence-corrected chi connectivity index (χ1v) is 35.9. The molecule has 0 rings (SSSR count). The molecule has 0 aliphatic heterocycles. The summed E-state index contributed by atoms with van der Waals surface area (Å²) in [5, 5.41) is 57.6. The fourth-order valence-electron chi connectivity index (χ4n) is 11.0. The first kappa shape index (κ1) is 85.4. The molecular weight excluding hydrogens is 1090 g/mol. The Labute approximate surface area is 537 Å². The van der Waals surface area contributed by atoms with E-state index < -0.39 is 41.3 Å². The van der Waals surface area contributed by atoms with Crippen molar-refractivity contribution >= 4 is 54.3 Å². The number of ether oxygens (including phenoxy) is 2. The second-order valence-corrected chi connectivity index (χ2v) is 25.5. The van der Waals surface area contributed by atoms with Gasteiger partial charge in [0.25, 0.3) is 0 Å². The van der Waals surface area contributed by atoms with Gasteiger partial charge >= 0.3 is 284 Å². The number of hydrogen-bond donors (Lipinski definition) is 7. The maximum absolute atomic E-state index is 13.6. The Morgan fingerprint density at radius 3 is 1.33 bits per heavy atom. The minimum absolute atomic E-state index is 0.111. The third-order valence-electron chi connectivity index (χ3n) is 17.2. The van der Waals surface area contributed by atoms with Crippen molar-refractivity contribution in [1.29, 1.82) is 0 Å². The number of nitrogens with zero attached hydrogens (tertiary/aromatic N) is 6. The fourth-order valence-corrected chi connectivity index (χ4v) is 11.0. The van der Waals surface area contributed by atoms with E-state index >= 15 is 0 Å². The molecule has 0 radical (unpaired) electrons. The maximum atomic E-state index is 13.6. The molecule has 0 spiro atoms. The molecule has 0 fully saturated rings. The van der Waals surface area contributed by atoms with Crippen molar-refractivity contribution in [3.05, 3.63) is 0 Å². The number of unbranched alkanes of at least 4 members (excludes halogenated alkanes) is 25. The van der Waals surface area contributed by atoms with Crippen LogP contribution in [0.3, 0.4) is 0 Å². The van der Waals surface area contributed by atoms with E-state index in [0.717, 1.165) is 149 Å². The molecule has 18 nitrogen and oxygen atoms in total. The predicted molar refractivity (Wildman–Crippen MR) is 371 cm³/mol. The topological polar surface area (TPSA) is 216 Å². The number of hydrogen-bond acceptors (Lipinski definition) is 16. The van der Waals surface area contributed by atoms with Gasteiger partial charge in [0, 0.05) is 13.0 Å². The number of carbonyl (C=O) groups excluding carboxylic acids is 2. The molecule has 7 N–H and O–H groups in total. The monoisotopic (exact) mass is 1230 g/mol. The van der Waals surface area contributed by atoms with Gasteiger partial charge in [0.1, 0.15) is 0 Å². The van der Waals surface area contributed by atoms with E-state index in [9.17, 15) is 34.7 Å². The molecule has 0 aliphatic rings. The average molecular weight is 1230 g/mol. The van der Waals surface area contributed by atoms with Crippen LogP contribution in [0.25, 0.3) is 0 Å². The summed E-state index contributed by atoms with van der Waals surface area (Å²) in [7, 11) is 2.68. The number of nitrogens with one attached hydrogen (secondary N) is 2. The van der Waals surface area contributed by atoms with Crippen molar-refractivity contribution in [3.63, 3.8) is 0 Å². The van der Waals surface area contributed by atoms with Gasteiger partial charge in [-0.3, -0.25) is 4.79 Å². The third-order valence-corrected chi connectivity index (χ3v) is 17.2. The summed E-state index contributed by atoms with van der Waals surface area (Å²) in [5.41, 5.74) is 0. The third kappa shape index (κ3) is 54.7. The molecule has 506 valence electrons. The van der Waals surface area contributed by atoms with Crippen molar-refractivity contribution in [3.8, 4) is 0 Å². The molecule has 0 saturated carbocycles. The summed E-state index contributed by atoms with van der Waals surface area (Å²) in [6.07, 6.45) is 39.1. The number of carbonyl (C=O) groups is 2. The zero-order valence-electron chi connectivity index (χ0n) is 57.9. The van der Waals surface area contributed by atoms with Crippen LogP contribution in [0.15, 0.2) is 4.90 Å². The number of amides is 2. The molecule has 0 aromatic rings. The van der Waals surface area contributed by atoms with E-state index in [1.165, 1.54) is 109 Å². The molecule has 24 heteroatoms. The molecule has 2 unspecified atom stereocenters. The van der Waals surface area contributed by atoms with Crippen molar-refractivity contribution in [1.82, 2.24) is 34.7 Å². The van der Waals surface area contributed by atoms with Gasteiger partial charge in [-0.15, -0.1) is 0 Å². The Morgan fingerprint density at radius 1 is 0.448 bits per heavy atom. The standard InChI is InChI=1S/C63H136B6N8O10/c1-10-12-13-14-15-16-17-18-19-20-21-22-23-24-25-26-27-28-29-34-43-61(72-62(78)44-55-86-57-56-85-53-11-2)63(79)70-45-35-31-30-33-42-60(58-71-64-87-54-39-32-36-48-75(67(5)82)51-40-46-73(8)65(3)80)59-77(69(7)84)50-38-37-49-76(68(6)83)52-41-47-74(9)66(4)81/h60-61,80-84H,10-59H2,1-9H3,(H,70,79)(H,72,78). The van der Waals surface area contributed by atoms with Gasteiger partial charge in [-0.2, -0.15) is 0 Å². The Balaban J connectivity index is 5.25. The molecule has 87 heavy (non-hydrogen) atoms. The molecule has 0 heterocycles. The summed E-state index contributed by atoms with van der Waals surface area (Å²) in [5.74, 6) is -0.0774. The first-order valence-electron chi connectivity index (χ1n) is 35.9.